The van der Waals surface area contributed by atoms with Gasteiger partial charge in [-0.15, -0.1) is 0 Å². The van der Waals surface area contributed by atoms with Crippen LogP contribution < -0.4 is 0 Å². The highest BCUT2D eigenvalue weighted by atomic mass is 16.8. The SMILES string of the molecule is CC(C)C(C)OCC(O)COC(=O)C1COC(=O)O1. The van der Waals surface area contributed by atoms with Gasteiger partial charge in [-0.25, -0.2) is 9.59 Å². The highest BCUT2D eigenvalue weighted by Gasteiger charge is 2.33. The zero-order valence-electron chi connectivity index (χ0n) is 11.3. The highest BCUT2D eigenvalue weighted by molar-refractivity contribution is 5.79. The number of aliphatic hydroxyl groups excluding tert-OH is 1. The Morgan fingerprint density at radius 3 is 2.63 bits per heavy atom. The molecule has 1 aliphatic heterocycles. The largest absolute Gasteiger partial charge is 0.509 e. The summed E-state index contributed by atoms with van der Waals surface area (Å²) in [7, 11) is 0. The molecule has 0 aliphatic carbocycles. The quantitative estimate of drug-likeness (QED) is 0.676. The average Bonchev–Trinajstić information content (AvgIpc) is 2.79. The molecule has 1 rings (SSSR count). The maximum atomic E-state index is 11.4. The third-order valence-corrected chi connectivity index (χ3v) is 2.76. The normalized spacial score (nSPS) is 21.7. The first-order valence-corrected chi connectivity index (χ1v) is 6.20. The predicted octanol–water partition coefficient (Wildman–Crippen LogP) is 0.487. The van der Waals surface area contributed by atoms with E-state index in [0.717, 1.165) is 0 Å². The molecule has 1 fully saturated rings. The van der Waals surface area contributed by atoms with E-state index in [1.807, 2.05) is 20.8 Å². The van der Waals surface area contributed by atoms with E-state index in [1.165, 1.54) is 0 Å². The number of aliphatic hydroxyl groups is 1. The lowest BCUT2D eigenvalue weighted by Crippen LogP contribution is -2.31. The van der Waals surface area contributed by atoms with E-state index >= 15 is 0 Å². The van der Waals surface area contributed by atoms with Gasteiger partial charge in [0.05, 0.1) is 12.7 Å². The van der Waals surface area contributed by atoms with Crippen molar-refractivity contribution < 1.29 is 33.6 Å². The summed E-state index contributed by atoms with van der Waals surface area (Å²) < 4.78 is 19.2. The van der Waals surface area contributed by atoms with E-state index in [1.54, 1.807) is 0 Å². The van der Waals surface area contributed by atoms with Gasteiger partial charge in [-0.1, -0.05) is 13.8 Å². The van der Waals surface area contributed by atoms with Crippen molar-refractivity contribution in [1.82, 2.24) is 0 Å². The van der Waals surface area contributed by atoms with Crippen LogP contribution in [0.3, 0.4) is 0 Å². The van der Waals surface area contributed by atoms with Crippen LogP contribution in [0.15, 0.2) is 0 Å². The number of carbonyl (C=O) groups excluding carboxylic acids is 2. The Kier molecular flexibility index (Phi) is 6.04. The molecular formula is C12H20O7. The van der Waals surface area contributed by atoms with Crippen molar-refractivity contribution >= 4 is 12.1 Å². The van der Waals surface area contributed by atoms with Crippen LogP contribution in [0, 0.1) is 5.92 Å². The molecule has 1 aliphatic rings. The molecule has 1 N–H and O–H groups in total. The zero-order valence-corrected chi connectivity index (χ0v) is 11.3. The molecule has 7 nitrogen and oxygen atoms in total. The Morgan fingerprint density at radius 1 is 1.42 bits per heavy atom. The molecule has 0 spiro atoms. The van der Waals surface area contributed by atoms with Gasteiger partial charge in [0, 0.05) is 0 Å². The summed E-state index contributed by atoms with van der Waals surface area (Å²) in [4.78, 5) is 22.0. The van der Waals surface area contributed by atoms with E-state index < -0.39 is 24.3 Å². The second-order valence-electron chi connectivity index (χ2n) is 4.73. The van der Waals surface area contributed by atoms with Crippen LogP contribution in [0.5, 0.6) is 0 Å². The van der Waals surface area contributed by atoms with E-state index in [4.69, 9.17) is 9.47 Å². The first kappa shape index (κ1) is 15.7. The van der Waals surface area contributed by atoms with Gasteiger partial charge >= 0.3 is 12.1 Å². The van der Waals surface area contributed by atoms with Crippen molar-refractivity contribution in [3.05, 3.63) is 0 Å². The van der Waals surface area contributed by atoms with E-state index in [2.05, 4.69) is 9.47 Å². The molecule has 0 aromatic heterocycles. The van der Waals surface area contributed by atoms with Gasteiger partial charge in [-0.2, -0.15) is 0 Å². The molecule has 3 atom stereocenters. The minimum Gasteiger partial charge on any atom is -0.460 e. The van der Waals surface area contributed by atoms with Crippen LogP contribution in [0.4, 0.5) is 4.79 Å². The van der Waals surface area contributed by atoms with Crippen molar-refractivity contribution in [2.75, 3.05) is 19.8 Å². The Labute approximate surface area is 111 Å². The number of hydrogen-bond donors (Lipinski definition) is 1. The monoisotopic (exact) mass is 276 g/mol. The van der Waals surface area contributed by atoms with Crippen LogP contribution in [0.25, 0.3) is 0 Å². The zero-order chi connectivity index (χ0) is 14.4. The molecule has 0 bridgehead atoms. The van der Waals surface area contributed by atoms with E-state index in [-0.39, 0.29) is 25.9 Å². The summed E-state index contributed by atoms with van der Waals surface area (Å²) in [5.74, 6) is -0.397. The molecule has 0 aromatic rings. The molecule has 3 unspecified atom stereocenters. The van der Waals surface area contributed by atoms with Gasteiger partial charge in [0.25, 0.3) is 0 Å². The smallest absolute Gasteiger partial charge is 0.460 e. The minimum absolute atomic E-state index is 0.00883. The lowest BCUT2D eigenvalue weighted by molar-refractivity contribution is -0.156. The lowest BCUT2D eigenvalue weighted by Gasteiger charge is -2.19. The van der Waals surface area contributed by atoms with Crippen LogP contribution in [-0.2, 0) is 23.7 Å². The summed E-state index contributed by atoms with van der Waals surface area (Å²) >= 11 is 0. The summed E-state index contributed by atoms with van der Waals surface area (Å²) in [6, 6.07) is 0. The molecule has 0 radical (unpaired) electrons. The Morgan fingerprint density at radius 2 is 2.11 bits per heavy atom. The third-order valence-electron chi connectivity index (χ3n) is 2.76. The number of carbonyl (C=O) groups is 2. The van der Waals surface area contributed by atoms with E-state index in [9.17, 15) is 14.7 Å². The standard InChI is InChI=1S/C12H20O7/c1-7(2)8(3)16-4-9(13)5-17-11(14)10-6-18-12(15)19-10/h7-10,13H,4-6H2,1-3H3. The second-order valence-corrected chi connectivity index (χ2v) is 4.73. The van der Waals surface area contributed by atoms with Crippen LogP contribution in [0.2, 0.25) is 0 Å². The Bertz CT molecular complexity index is 315. The molecule has 7 heteroatoms. The van der Waals surface area contributed by atoms with Crippen LogP contribution in [-0.4, -0.2) is 55.4 Å². The van der Waals surface area contributed by atoms with Crippen molar-refractivity contribution in [1.29, 1.82) is 0 Å². The number of cyclic esters (lactones) is 2. The van der Waals surface area contributed by atoms with Gasteiger partial charge in [0.1, 0.15) is 19.3 Å². The number of hydrogen-bond acceptors (Lipinski definition) is 7. The van der Waals surface area contributed by atoms with Crippen molar-refractivity contribution in [2.45, 2.75) is 39.1 Å². The maximum Gasteiger partial charge on any atom is 0.509 e. The fourth-order valence-electron chi connectivity index (χ4n) is 1.22. The number of rotatable bonds is 7. The molecule has 1 saturated heterocycles. The fourth-order valence-corrected chi connectivity index (χ4v) is 1.22. The molecule has 0 aromatic carbocycles. The summed E-state index contributed by atoms with van der Waals surface area (Å²) in [6.45, 7) is 5.62. The van der Waals surface area contributed by atoms with Crippen LogP contribution in [0.1, 0.15) is 20.8 Å². The second kappa shape index (κ2) is 7.30. The fraction of sp³-hybridized carbons (Fsp3) is 0.833. The Balaban J connectivity index is 2.17. The number of ether oxygens (including phenoxy) is 4. The first-order chi connectivity index (χ1) is 8.90. The van der Waals surface area contributed by atoms with Gasteiger partial charge in [0.2, 0.25) is 6.10 Å². The molecule has 19 heavy (non-hydrogen) atoms. The molecule has 0 saturated carbocycles. The first-order valence-electron chi connectivity index (χ1n) is 6.20. The van der Waals surface area contributed by atoms with Crippen molar-refractivity contribution in [2.24, 2.45) is 5.92 Å². The highest BCUT2D eigenvalue weighted by Crippen LogP contribution is 2.09. The van der Waals surface area contributed by atoms with Crippen molar-refractivity contribution in [3.8, 4) is 0 Å². The summed E-state index contributed by atoms with van der Waals surface area (Å²) in [5, 5.41) is 9.58. The topological polar surface area (TPSA) is 91.3 Å². The van der Waals surface area contributed by atoms with Gasteiger partial charge in [-0.05, 0) is 12.8 Å². The number of esters is 1. The summed E-state index contributed by atoms with van der Waals surface area (Å²) in [6.07, 6.45) is -2.84. The minimum atomic E-state index is -1.05. The van der Waals surface area contributed by atoms with Crippen LogP contribution >= 0.6 is 0 Å². The summed E-state index contributed by atoms with van der Waals surface area (Å²) in [5.41, 5.74) is 0. The lowest BCUT2D eigenvalue weighted by atomic mass is 10.1. The molecule has 0 amide bonds. The van der Waals surface area contributed by atoms with Gasteiger partial charge in [0.15, 0.2) is 0 Å². The Hall–Kier alpha value is -1.34. The average molecular weight is 276 g/mol. The third kappa shape index (κ3) is 5.44. The predicted molar refractivity (Wildman–Crippen MR) is 63.4 cm³/mol. The van der Waals surface area contributed by atoms with Gasteiger partial charge in [-0.3, -0.25) is 0 Å². The van der Waals surface area contributed by atoms with E-state index in [0.29, 0.717) is 5.92 Å². The maximum absolute atomic E-state index is 11.4. The molecule has 1 heterocycles. The van der Waals surface area contributed by atoms with Gasteiger partial charge < -0.3 is 24.1 Å². The van der Waals surface area contributed by atoms with Crippen molar-refractivity contribution in [3.63, 3.8) is 0 Å². The molecule has 110 valence electrons. The molecular weight excluding hydrogens is 256 g/mol.